The van der Waals surface area contributed by atoms with Gasteiger partial charge in [0.05, 0.1) is 25.9 Å². The number of pyridine rings is 1. The summed E-state index contributed by atoms with van der Waals surface area (Å²) in [7, 11) is 0. The minimum Gasteiger partial charge on any atom is -0.379 e. The average Bonchev–Trinajstić information content (AvgIpc) is 3.04. The molecule has 0 N–H and O–H groups in total. The summed E-state index contributed by atoms with van der Waals surface area (Å²) in [5.74, 6) is 0.142. The maximum atomic E-state index is 13.3. The Kier molecular flexibility index (Phi) is 4.96. The predicted octanol–water partition coefficient (Wildman–Crippen LogP) is 1.03. The number of carbonyl (C=O) groups is 1. The summed E-state index contributed by atoms with van der Waals surface area (Å²) in [4.78, 5) is 20.4. The number of piperidine rings is 1. The van der Waals surface area contributed by atoms with Crippen molar-refractivity contribution in [1.82, 2.24) is 14.8 Å². The highest BCUT2D eigenvalue weighted by molar-refractivity contribution is 5.94. The van der Waals surface area contributed by atoms with Crippen LogP contribution in [0.1, 0.15) is 16.8 Å². The van der Waals surface area contributed by atoms with Crippen LogP contribution in [-0.2, 0) is 9.47 Å². The fourth-order valence-electron chi connectivity index (χ4n) is 4.22. The molecule has 25 heavy (non-hydrogen) atoms. The van der Waals surface area contributed by atoms with E-state index in [0.717, 1.165) is 39.3 Å². The maximum absolute atomic E-state index is 13.3. The Morgan fingerprint density at radius 3 is 2.96 bits per heavy atom. The quantitative estimate of drug-likeness (QED) is 0.763. The predicted molar refractivity (Wildman–Crippen MR) is 88.7 cm³/mol. The first-order valence-corrected chi connectivity index (χ1v) is 9.03. The second-order valence-corrected chi connectivity index (χ2v) is 7.12. The Morgan fingerprint density at radius 2 is 2.16 bits per heavy atom. The number of nitrogens with zero attached hydrogens (tertiary/aromatic N) is 3. The molecule has 4 rings (SSSR count). The Bertz CT molecular complexity index is 623. The van der Waals surface area contributed by atoms with Crippen LogP contribution in [0.4, 0.5) is 4.39 Å². The Hall–Kier alpha value is -1.57. The lowest BCUT2D eigenvalue weighted by molar-refractivity contribution is -0.00251. The SMILES string of the molecule is O=C(c1ccnc(F)c1)N1CC[C@@H]2[C@@H](CO[C@H]2CN2CCOCC2)C1. The van der Waals surface area contributed by atoms with Crippen LogP contribution >= 0.6 is 0 Å². The molecule has 3 fully saturated rings. The molecule has 1 aromatic rings. The molecule has 3 aliphatic rings. The van der Waals surface area contributed by atoms with E-state index in [1.165, 1.54) is 12.3 Å². The molecule has 1 amide bonds. The molecule has 0 bridgehead atoms. The van der Waals surface area contributed by atoms with E-state index in [4.69, 9.17) is 9.47 Å². The van der Waals surface area contributed by atoms with Crippen LogP contribution in [0.5, 0.6) is 0 Å². The molecule has 0 unspecified atom stereocenters. The maximum Gasteiger partial charge on any atom is 0.254 e. The van der Waals surface area contributed by atoms with E-state index < -0.39 is 5.95 Å². The molecule has 3 atom stereocenters. The van der Waals surface area contributed by atoms with Crippen molar-refractivity contribution in [3.8, 4) is 0 Å². The van der Waals surface area contributed by atoms with Crippen molar-refractivity contribution in [3.05, 3.63) is 29.8 Å². The molecule has 0 radical (unpaired) electrons. The lowest BCUT2D eigenvalue weighted by Crippen LogP contribution is -2.47. The number of halogens is 1. The second kappa shape index (κ2) is 7.35. The number of rotatable bonds is 3. The molecule has 3 aliphatic heterocycles. The van der Waals surface area contributed by atoms with Gasteiger partial charge in [0.25, 0.3) is 5.91 Å². The summed E-state index contributed by atoms with van der Waals surface area (Å²) < 4.78 is 24.7. The Balaban J connectivity index is 1.35. The molecule has 6 nitrogen and oxygen atoms in total. The average molecular weight is 349 g/mol. The molecule has 136 valence electrons. The normalized spacial score (nSPS) is 30.3. The van der Waals surface area contributed by atoms with Crippen molar-refractivity contribution in [1.29, 1.82) is 0 Å². The smallest absolute Gasteiger partial charge is 0.254 e. The number of carbonyl (C=O) groups excluding carboxylic acids is 1. The monoisotopic (exact) mass is 349 g/mol. The highest BCUT2D eigenvalue weighted by Gasteiger charge is 2.42. The first-order chi connectivity index (χ1) is 12.2. The summed E-state index contributed by atoms with van der Waals surface area (Å²) in [6.45, 7) is 6.57. The van der Waals surface area contributed by atoms with Crippen molar-refractivity contribution in [2.24, 2.45) is 11.8 Å². The van der Waals surface area contributed by atoms with E-state index in [9.17, 15) is 9.18 Å². The molecule has 0 spiro atoms. The van der Waals surface area contributed by atoms with Gasteiger partial charge in [0, 0.05) is 56.5 Å². The highest BCUT2D eigenvalue weighted by Crippen LogP contribution is 2.35. The van der Waals surface area contributed by atoms with Crippen molar-refractivity contribution < 1.29 is 18.7 Å². The van der Waals surface area contributed by atoms with Gasteiger partial charge in [-0.15, -0.1) is 0 Å². The van der Waals surface area contributed by atoms with Gasteiger partial charge in [0.15, 0.2) is 0 Å². The van der Waals surface area contributed by atoms with Gasteiger partial charge in [-0.05, 0) is 18.4 Å². The third kappa shape index (κ3) is 3.68. The van der Waals surface area contributed by atoms with Crippen LogP contribution in [-0.4, -0.2) is 79.3 Å². The van der Waals surface area contributed by atoms with Gasteiger partial charge in [-0.2, -0.15) is 4.39 Å². The van der Waals surface area contributed by atoms with E-state index in [1.807, 2.05) is 4.90 Å². The number of aromatic nitrogens is 1. The van der Waals surface area contributed by atoms with Crippen LogP contribution < -0.4 is 0 Å². The highest BCUT2D eigenvalue weighted by atomic mass is 19.1. The number of hydrogen-bond donors (Lipinski definition) is 0. The Labute approximate surface area is 146 Å². The number of amides is 1. The molecule has 0 aromatic carbocycles. The van der Waals surface area contributed by atoms with Gasteiger partial charge in [-0.1, -0.05) is 0 Å². The number of fused-ring (bicyclic) bond motifs is 1. The van der Waals surface area contributed by atoms with Gasteiger partial charge in [0.2, 0.25) is 5.95 Å². The van der Waals surface area contributed by atoms with Crippen LogP contribution in [0.25, 0.3) is 0 Å². The molecule has 0 saturated carbocycles. The minimum atomic E-state index is -0.615. The third-order valence-corrected chi connectivity index (χ3v) is 5.60. The van der Waals surface area contributed by atoms with E-state index in [1.54, 1.807) is 6.07 Å². The number of likely N-dealkylation sites (tertiary alicyclic amines) is 1. The van der Waals surface area contributed by atoms with E-state index in [2.05, 4.69) is 9.88 Å². The molecule has 3 saturated heterocycles. The molecular formula is C18H24FN3O3. The molecular weight excluding hydrogens is 325 g/mol. The largest absolute Gasteiger partial charge is 0.379 e. The number of ether oxygens (including phenoxy) is 2. The van der Waals surface area contributed by atoms with Crippen LogP contribution in [0.2, 0.25) is 0 Å². The summed E-state index contributed by atoms with van der Waals surface area (Å²) in [6, 6.07) is 2.78. The molecule has 4 heterocycles. The summed E-state index contributed by atoms with van der Waals surface area (Å²) in [6.07, 6.45) is 2.53. The van der Waals surface area contributed by atoms with Crippen molar-refractivity contribution in [3.63, 3.8) is 0 Å². The van der Waals surface area contributed by atoms with Gasteiger partial charge < -0.3 is 14.4 Å². The second-order valence-electron chi connectivity index (χ2n) is 7.12. The fourth-order valence-corrected chi connectivity index (χ4v) is 4.22. The molecule has 7 heteroatoms. The van der Waals surface area contributed by atoms with Crippen molar-refractivity contribution in [2.45, 2.75) is 12.5 Å². The van der Waals surface area contributed by atoms with E-state index >= 15 is 0 Å². The van der Waals surface area contributed by atoms with Gasteiger partial charge >= 0.3 is 0 Å². The van der Waals surface area contributed by atoms with E-state index in [0.29, 0.717) is 37.1 Å². The van der Waals surface area contributed by atoms with Crippen LogP contribution in [0, 0.1) is 17.8 Å². The standard InChI is InChI=1S/C18H24FN3O3/c19-17-9-13(1-3-20-17)18(23)22-4-2-15-14(10-22)12-25-16(15)11-21-5-7-24-8-6-21/h1,3,9,14-16H,2,4-8,10-12H2/t14-,15-,16+/m1/s1. The topological polar surface area (TPSA) is 54.9 Å². The Morgan fingerprint density at radius 1 is 1.32 bits per heavy atom. The van der Waals surface area contributed by atoms with Crippen molar-refractivity contribution in [2.75, 3.05) is 52.5 Å². The number of morpholine rings is 1. The van der Waals surface area contributed by atoms with Crippen molar-refractivity contribution >= 4 is 5.91 Å². The lowest BCUT2D eigenvalue weighted by atomic mass is 9.84. The minimum absolute atomic E-state index is 0.114. The number of hydrogen-bond acceptors (Lipinski definition) is 5. The summed E-state index contributed by atoms with van der Waals surface area (Å²) >= 11 is 0. The molecule has 0 aliphatic carbocycles. The van der Waals surface area contributed by atoms with Gasteiger partial charge in [-0.25, -0.2) is 4.98 Å². The van der Waals surface area contributed by atoms with Crippen LogP contribution in [0.15, 0.2) is 18.3 Å². The lowest BCUT2D eigenvalue weighted by Gasteiger charge is -2.37. The van der Waals surface area contributed by atoms with Gasteiger partial charge in [0.1, 0.15) is 0 Å². The fraction of sp³-hybridized carbons (Fsp3) is 0.667. The third-order valence-electron chi connectivity index (χ3n) is 5.60. The van der Waals surface area contributed by atoms with Crippen LogP contribution in [0.3, 0.4) is 0 Å². The first kappa shape index (κ1) is 16.9. The summed E-state index contributed by atoms with van der Waals surface area (Å²) in [5, 5.41) is 0. The summed E-state index contributed by atoms with van der Waals surface area (Å²) in [5.41, 5.74) is 0.370. The molecule has 1 aromatic heterocycles. The zero-order valence-electron chi connectivity index (χ0n) is 14.3. The van der Waals surface area contributed by atoms with Gasteiger partial charge in [-0.3, -0.25) is 9.69 Å². The zero-order chi connectivity index (χ0) is 17.2. The van der Waals surface area contributed by atoms with E-state index in [-0.39, 0.29) is 12.0 Å². The zero-order valence-corrected chi connectivity index (χ0v) is 14.3. The first-order valence-electron chi connectivity index (χ1n) is 9.03.